The number of carbonyl (C=O) groups is 1. The van der Waals surface area contributed by atoms with Crippen LogP contribution in [0, 0.1) is 5.88 Å². The molecule has 0 fully saturated rings. The minimum absolute atomic E-state index is 0.408. The van der Waals surface area contributed by atoms with Crippen LogP contribution >= 0.6 is 11.8 Å². The van der Waals surface area contributed by atoms with E-state index in [0.717, 1.165) is 24.1 Å². The average Bonchev–Trinajstić information content (AvgIpc) is 2.73. The summed E-state index contributed by atoms with van der Waals surface area (Å²) in [7, 11) is 0. The maximum atomic E-state index is 11.3. The summed E-state index contributed by atoms with van der Waals surface area (Å²) in [5.41, 5.74) is 8.79. The summed E-state index contributed by atoms with van der Waals surface area (Å²) in [6.07, 6.45) is 2.04. The van der Waals surface area contributed by atoms with Gasteiger partial charge in [-0.2, -0.15) is 0 Å². The third kappa shape index (κ3) is 1.33. The third-order valence-electron chi connectivity index (χ3n) is 2.94. The van der Waals surface area contributed by atoms with Gasteiger partial charge in [0.05, 0.1) is 5.70 Å². The number of fused-ring (bicyclic) bond motifs is 2. The van der Waals surface area contributed by atoms with E-state index in [1.165, 1.54) is 10.5 Å². The van der Waals surface area contributed by atoms with Crippen LogP contribution in [0.5, 0.6) is 0 Å². The Labute approximate surface area is 98.3 Å². The number of primary amides is 1. The van der Waals surface area contributed by atoms with Gasteiger partial charge in [0.2, 0.25) is 0 Å². The Morgan fingerprint density at radius 3 is 2.94 bits per heavy atom. The summed E-state index contributed by atoms with van der Waals surface area (Å²) >= 11 is 1.61. The first kappa shape index (κ1) is 9.78. The van der Waals surface area contributed by atoms with Gasteiger partial charge in [-0.15, -0.1) is 0 Å². The molecule has 3 nitrogen and oxygen atoms in total. The zero-order chi connectivity index (χ0) is 11.1. The van der Waals surface area contributed by atoms with Crippen molar-refractivity contribution in [2.45, 2.75) is 12.8 Å². The lowest BCUT2D eigenvalue weighted by molar-refractivity contribution is 0.236. The van der Waals surface area contributed by atoms with E-state index in [1.54, 1.807) is 22.5 Å². The van der Waals surface area contributed by atoms with Crippen molar-refractivity contribution in [3.05, 3.63) is 46.2 Å². The highest BCUT2D eigenvalue weighted by Gasteiger charge is 2.31. The Kier molecular flexibility index (Phi) is 2.17. The van der Waals surface area contributed by atoms with Gasteiger partial charge in [-0.05, 0) is 18.4 Å². The lowest BCUT2D eigenvalue weighted by Gasteiger charge is -2.22. The van der Waals surface area contributed by atoms with Crippen molar-refractivity contribution in [1.82, 2.24) is 4.90 Å². The van der Waals surface area contributed by atoms with Crippen molar-refractivity contribution in [2.75, 3.05) is 0 Å². The molecule has 0 aromatic heterocycles. The van der Waals surface area contributed by atoms with Gasteiger partial charge in [-0.1, -0.05) is 36.0 Å². The molecule has 1 aliphatic heterocycles. The fourth-order valence-electron chi connectivity index (χ4n) is 2.20. The summed E-state index contributed by atoms with van der Waals surface area (Å²) in [4.78, 5) is 14.1. The molecule has 0 atom stereocenters. The van der Waals surface area contributed by atoms with Crippen molar-refractivity contribution < 1.29 is 4.79 Å². The zero-order valence-corrected chi connectivity index (χ0v) is 9.46. The van der Waals surface area contributed by atoms with Gasteiger partial charge >= 0.3 is 6.03 Å². The van der Waals surface area contributed by atoms with E-state index in [4.69, 9.17) is 5.73 Å². The van der Waals surface area contributed by atoms with E-state index in [-0.39, 0.29) is 0 Å². The number of nitrogens with zero attached hydrogens (tertiary/aromatic N) is 1. The first-order valence-corrected chi connectivity index (χ1v) is 6.05. The molecule has 1 heterocycles. The SMILES string of the molecule is NC(=O)N1[CH]SC2=C1c1ccccc1CC2. The molecule has 3 rings (SSSR count). The Balaban J connectivity index is 2.14. The van der Waals surface area contributed by atoms with Crippen LogP contribution in [0.2, 0.25) is 0 Å². The van der Waals surface area contributed by atoms with Crippen LogP contribution in [0.4, 0.5) is 4.79 Å². The van der Waals surface area contributed by atoms with Gasteiger partial charge in [0, 0.05) is 10.5 Å². The molecular weight excluding hydrogens is 220 g/mol. The van der Waals surface area contributed by atoms with Gasteiger partial charge in [0.1, 0.15) is 5.88 Å². The third-order valence-corrected chi connectivity index (χ3v) is 3.93. The molecular formula is C12H11N2OS. The second-order valence-corrected chi connectivity index (χ2v) is 4.80. The van der Waals surface area contributed by atoms with Crippen LogP contribution in [0.1, 0.15) is 17.5 Å². The molecule has 16 heavy (non-hydrogen) atoms. The molecule has 2 aliphatic rings. The maximum absolute atomic E-state index is 11.3. The van der Waals surface area contributed by atoms with Crippen molar-refractivity contribution >= 4 is 23.5 Å². The minimum Gasteiger partial charge on any atom is -0.351 e. The quantitative estimate of drug-likeness (QED) is 0.745. The number of nitrogens with two attached hydrogens (primary N) is 1. The normalized spacial score (nSPS) is 18.4. The number of thioether (sulfide) groups is 1. The number of amides is 2. The molecule has 1 aliphatic carbocycles. The highest BCUT2D eigenvalue weighted by atomic mass is 32.2. The monoisotopic (exact) mass is 231 g/mol. The number of hydrogen-bond acceptors (Lipinski definition) is 2. The summed E-state index contributed by atoms with van der Waals surface area (Å²) in [5.74, 6) is 1.80. The summed E-state index contributed by atoms with van der Waals surface area (Å²) in [6.45, 7) is 0. The molecule has 2 N–H and O–H groups in total. The van der Waals surface area contributed by atoms with Gasteiger partial charge < -0.3 is 5.73 Å². The van der Waals surface area contributed by atoms with Crippen molar-refractivity contribution in [3.63, 3.8) is 0 Å². The van der Waals surface area contributed by atoms with Crippen LogP contribution in [-0.4, -0.2) is 10.9 Å². The van der Waals surface area contributed by atoms with Gasteiger partial charge in [0.15, 0.2) is 0 Å². The standard InChI is InChI=1S/C12H11N2OS/c13-12(15)14-7-16-10-6-5-8-3-1-2-4-9(8)11(10)14/h1-4,7H,5-6H2,(H2,13,15). The molecule has 1 aromatic rings. The first-order valence-electron chi connectivity index (χ1n) is 5.17. The summed E-state index contributed by atoms with van der Waals surface area (Å²) in [6, 6.07) is 7.79. The molecule has 1 radical (unpaired) electrons. The number of carbonyl (C=O) groups excluding carboxylic acids is 1. The Bertz CT molecular complexity index is 496. The Hall–Kier alpha value is -1.42. The van der Waals surface area contributed by atoms with E-state index in [0.29, 0.717) is 0 Å². The van der Waals surface area contributed by atoms with Gasteiger partial charge in [0.25, 0.3) is 0 Å². The van der Waals surface area contributed by atoms with Crippen LogP contribution in [0.3, 0.4) is 0 Å². The van der Waals surface area contributed by atoms with Crippen molar-refractivity contribution in [2.24, 2.45) is 5.73 Å². The predicted octanol–water partition coefficient (Wildman–Crippen LogP) is 2.55. The zero-order valence-electron chi connectivity index (χ0n) is 8.64. The molecule has 0 bridgehead atoms. The van der Waals surface area contributed by atoms with Gasteiger partial charge in [-0.25, -0.2) is 4.79 Å². The Morgan fingerprint density at radius 1 is 1.31 bits per heavy atom. The second-order valence-electron chi connectivity index (χ2n) is 3.86. The molecule has 4 heteroatoms. The molecule has 81 valence electrons. The fraction of sp³-hybridized carbons (Fsp3) is 0.167. The minimum atomic E-state index is -0.408. The lowest BCUT2D eigenvalue weighted by atomic mass is 9.94. The highest BCUT2D eigenvalue weighted by Crippen LogP contribution is 2.46. The van der Waals surface area contributed by atoms with Crippen molar-refractivity contribution in [1.29, 1.82) is 0 Å². The topological polar surface area (TPSA) is 46.3 Å². The second kappa shape index (κ2) is 3.56. The van der Waals surface area contributed by atoms with Crippen LogP contribution in [0.15, 0.2) is 29.2 Å². The van der Waals surface area contributed by atoms with E-state index in [1.807, 2.05) is 12.1 Å². The molecule has 0 unspecified atom stereocenters. The molecule has 0 saturated heterocycles. The summed E-state index contributed by atoms with van der Waals surface area (Å²) < 4.78 is 0. The van der Waals surface area contributed by atoms with Crippen LogP contribution in [0.25, 0.3) is 5.70 Å². The fourth-order valence-corrected chi connectivity index (χ4v) is 3.18. The number of aryl methyl sites for hydroxylation is 1. The molecule has 1 aromatic carbocycles. The Morgan fingerprint density at radius 2 is 2.12 bits per heavy atom. The number of allylic oxidation sites excluding steroid dienone is 1. The predicted molar refractivity (Wildman–Crippen MR) is 65.0 cm³/mol. The molecule has 0 saturated carbocycles. The largest absolute Gasteiger partial charge is 0.351 e. The number of hydrogen-bond donors (Lipinski definition) is 1. The van der Waals surface area contributed by atoms with E-state index in [2.05, 4.69) is 12.1 Å². The number of rotatable bonds is 0. The first-order chi connectivity index (χ1) is 7.77. The summed E-state index contributed by atoms with van der Waals surface area (Å²) in [5, 5.41) is 0. The molecule has 0 spiro atoms. The maximum Gasteiger partial charge on any atom is 0.320 e. The van der Waals surface area contributed by atoms with Crippen LogP contribution < -0.4 is 5.73 Å². The number of benzene rings is 1. The van der Waals surface area contributed by atoms with E-state index in [9.17, 15) is 4.79 Å². The number of urea groups is 1. The average molecular weight is 231 g/mol. The van der Waals surface area contributed by atoms with Crippen molar-refractivity contribution in [3.8, 4) is 0 Å². The van der Waals surface area contributed by atoms with E-state index >= 15 is 0 Å². The highest BCUT2D eigenvalue weighted by molar-refractivity contribution is 8.05. The van der Waals surface area contributed by atoms with E-state index < -0.39 is 6.03 Å². The van der Waals surface area contributed by atoms with Crippen LogP contribution in [-0.2, 0) is 6.42 Å². The molecule has 2 amide bonds. The smallest absolute Gasteiger partial charge is 0.320 e. The lowest BCUT2D eigenvalue weighted by Crippen LogP contribution is -2.30. The van der Waals surface area contributed by atoms with Gasteiger partial charge in [-0.3, -0.25) is 4.90 Å².